The molecule has 0 unspecified atom stereocenters. The van der Waals surface area contributed by atoms with E-state index in [1.165, 1.54) is 6.07 Å². The SMILES string of the molecule is O=C(Nc1cccc(C#Cc2ccccc2)c1)N1CCN(c2ccccc2F)CC1. The Morgan fingerprint density at radius 3 is 2.23 bits per heavy atom. The van der Waals surface area contributed by atoms with Gasteiger partial charge in [0.2, 0.25) is 0 Å². The first kappa shape index (κ1) is 19.5. The highest BCUT2D eigenvalue weighted by Gasteiger charge is 2.22. The maximum atomic E-state index is 14.0. The molecule has 0 atom stereocenters. The highest BCUT2D eigenvalue weighted by Crippen LogP contribution is 2.20. The van der Waals surface area contributed by atoms with Gasteiger partial charge in [0.05, 0.1) is 5.69 Å². The highest BCUT2D eigenvalue weighted by atomic mass is 19.1. The lowest BCUT2D eigenvalue weighted by Crippen LogP contribution is -2.50. The predicted molar refractivity (Wildman–Crippen MR) is 118 cm³/mol. The summed E-state index contributed by atoms with van der Waals surface area (Å²) in [6.07, 6.45) is 0. The molecule has 150 valence electrons. The van der Waals surface area contributed by atoms with Crippen LogP contribution in [-0.2, 0) is 0 Å². The van der Waals surface area contributed by atoms with Gasteiger partial charge in [-0.2, -0.15) is 0 Å². The van der Waals surface area contributed by atoms with Crippen LogP contribution in [0, 0.1) is 17.7 Å². The van der Waals surface area contributed by atoms with Crippen molar-refractivity contribution in [2.45, 2.75) is 0 Å². The largest absolute Gasteiger partial charge is 0.366 e. The number of nitrogens with one attached hydrogen (secondary N) is 1. The minimum atomic E-state index is -0.233. The third-order valence-corrected chi connectivity index (χ3v) is 5.00. The summed E-state index contributed by atoms with van der Waals surface area (Å²) in [6, 6.07) is 23.9. The standard InChI is InChI=1S/C25H22FN3O/c26-23-11-4-5-12-24(23)28-15-17-29(18-16-28)25(30)27-22-10-6-9-21(19-22)14-13-20-7-2-1-3-8-20/h1-12,19H,15-18H2,(H,27,30). The van der Waals surface area contributed by atoms with Gasteiger partial charge in [-0.25, -0.2) is 9.18 Å². The smallest absolute Gasteiger partial charge is 0.321 e. The van der Waals surface area contributed by atoms with E-state index in [2.05, 4.69) is 17.2 Å². The number of hydrogen-bond donors (Lipinski definition) is 1. The molecule has 1 aliphatic heterocycles. The van der Waals surface area contributed by atoms with Crippen molar-refractivity contribution < 1.29 is 9.18 Å². The number of hydrogen-bond acceptors (Lipinski definition) is 2. The second-order valence-corrected chi connectivity index (χ2v) is 7.05. The highest BCUT2D eigenvalue weighted by molar-refractivity contribution is 5.89. The molecule has 30 heavy (non-hydrogen) atoms. The number of piperazine rings is 1. The van der Waals surface area contributed by atoms with Crippen LogP contribution < -0.4 is 10.2 Å². The fourth-order valence-electron chi connectivity index (χ4n) is 3.40. The molecule has 1 fully saturated rings. The van der Waals surface area contributed by atoms with Crippen molar-refractivity contribution in [3.8, 4) is 11.8 Å². The molecule has 0 aromatic heterocycles. The predicted octanol–water partition coefficient (Wildman–Crippen LogP) is 4.58. The summed E-state index contributed by atoms with van der Waals surface area (Å²) in [6.45, 7) is 2.26. The van der Waals surface area contributed by atoms with Crippen LogP contribution in [-0.4, -0.2) is 37.1 Å². The lowest BCUT2D eigenvalue weighted by atomic mass is 10.1. The van der Waals surface area contributed by atoms with E-state index < -0.39 is 0 Å². The van der Waals surface area contributed by atoms with E-state index in [9.17, 15) is 9.18 Å². The molecule has 4 nitrogen and oxygen atoms in total. The summed E-state index contributed by atoms with van der Waals surface area (Å²) in [5, 5.41) is 2.94. The lowest BCUT2D eigenvalue weighted by Gasteiger charge is -2.36. The molecule has 3 aromatic rings. The van der Waals surface area contributed by atoms with Crippen LogP contribution in [0.4, 0.5) is 20.6 Å². The second kappa shape index (κ2) is 9.15. The van der Waals surface area contributed by atoms with Gasteiger partial charge in [-0.05, 0) is 42.5 Å². The Bertz CT molecular complexity index is 1080. The molecule has 0 bridgehead atoms. The van der Waals surface area contributed by atoms with Crippen LogP contribution >= 0.6 is 0 Å². The van der Waals surface area contributed by atoms with Crippen LogP contribution in [0.2, 0.25) is 0 Å². The van der Waals surface area contributed by atoms with Crippen molar-refractivity contribution in [2.75, 3.05) is 36.4 Å². The van der Waals surface area contributed by atoms with Crippen LogP contribution in [0.1, 0.15) is 11.1 Å². The average Bonchev–Trinajstić information content (AvgIpc) is 2.79. The molecule has 0 radical (unpaired) electrons. The van der Waals surface area contributed by atoms with Crippen molar-refractivity contribution in [2.24, 2.45) is 0 Å². The minimum absolute atomic E-state index is 0.156. The second-order valence-electron chi connectivity index (χ2n) is 7.05. The van der Waals surface area contributed by atoms with Gasteiger partial charge < -0.3 is 15.1 Å². The van der Waals surface area contributed by atoms with Crippen molar-refractivity contribution in [3.63, 3.8) is 0 Å². The Hall–Kier alpha value is -3.78. The van der Waals surface area contributed by atoms with Crippen LogP contribution in [0.3, 0.4) is 0 Å². The summed E-state index contributed by atoms with van der Waals surface area (Å²) in [5.74, 6) is 6.01. The van der Waals surface area contributed by atoms with E-state index in [1.54, 1.807) is 17.0 Å². The first-order valence-electron chi connectivity index (χ1n) is 9.91. The zero-order chi connectivity index (χ0) is 20.8. The van der Waals surface area contributed by atoms with E-state index in [-0.39, 0.29) is 11.8 Å². The van der Waals surface area contributed by atoms with Crippen molar-refractivity contribution in [1.82, 2.24) is 4.90 Å². The Kier molecular flexibility index (Phi) is 5.95. The van der Waals surface area contributed by atoms with Crippen LogP contribution in [0.5, 0.6) is 0 Å². The number of carbonyl (C=O) groups excluding carboxylic acids is 1. The Morgan fingerprint density at radius 1 is 0.800 bits per heavy atom. The number of benzene rings is 3. The van der Waals surface area contributed by atoms with Gasteiger partial charge in [0.15, 0.2) is 0 Å². The maximum Gasteiger partial charge on any atom is 0.321 e. The molecule has 0 spiro atoms. The summed E-state index contributed by atoms with van der Waals surface area (Å²) in [7, 11) is 0. The van der Waals surface area contributed by atoms with E-state index in [0.717, 1.165) is 11.1 Å². The Morgan fingerprint density at radius 2 is 1.47 bits per heavy atom. The van der Waals surface area contributed by atoms with E-state index in [1.807, 2.05) is 65.6 Å². The summed E-state index contributed by atoms with van der Waals surface area (Å²) in [5.41, 5.74) is 3.07. The summed E-state index contributed by atoms with van der Waals surface area (Å²) >= 11 is 0. The van der Waals surface area contributed by atoms with Gasteiger partial charge in [0.1, 0.15) is 5.82 Å². The zero-order valence-corrected chi connectivity index (χ0v) is 16.5. The van der Waals surface area contributed by atoms with E-state index >= 15 is 0 Å². The molecule has 1 saturated heterocycles. The molecule has 2 amide bonds. The molecule has 1 heterocycles. The van der Waals surface area contributed by atoms with Gasteiger partial charge in [-0.3, -0.25) is 0 Å². The molecule has 0 aliphatic carbocycles. The average molecular weight is 399 g/mol. The lowest BCUT2D eigenvalue weighted by molar-refractivity contribution is 0.208. The van der Waals surface area contributed by atoms with Crippen LogP contribution in [0.25, 0.3) is 0 Å². The number of carbonyl (C=O) groups is 1. The molecule has 1 aliphatic rings. The molecule has 5 heteroatoms. The topological polar surface area (TPSA) is 35.6 Å². The van der Waals surface area contributed by atoms with Gasteiger partial charge in [-0.1, -0.05) is 48.2 Å². The fourth-order valence-corrected chi connectivity index (χ4v) is 3.40. The number of nitrogens with zero attached hydrogens (tertiary/aromatic N) is 2. The minimum Gasteiger partial charge on any atom is -0.366 e. The monoisotopic (exact) mass is 399 g/mol. The molecule has 0 saturated carbocycles. The van der Waals surface area contributed by atoms with Gasteiger partial charge in [-0.15, -0.1) is 0 Å². The molecular weight excluding hydrogens is 377 g/mol. The van der Waals surface area contributed by atoms with Gasteiger partial charge >= 0.3 is 6.03 Å². The quantitative estimate of drug-likeness (QED) is 0.641. The Labute approximate surface area is 175 Å². The fraction of sp³-hybridized carbons (Fsp3) is 0.160. The van der Waals surface area contributed by atoms with E-state index in [4.69, 9.17) is 0 Å². The number of anilines is 2. The van der Waals surface area contributed by atoms with Crippen molar-refractivity contribution in [3.05, 3.63) is 95.8 Å². The van der Waals surface area contributed by atoms with Crippen molar-refractivity contribution in [1.29, 1.82) is 0 Å². The molecule has 3 aromatic carbocycles. The van der Waals surface area contributed by atoms with Crippen LogP contribution in [0.15, 0.2) is 78.9 Å². The number of rotatable bonds is 2. The first-order valence-corrected chi connectivity index (χ1v) is 9.91. The number of amides is 2. The third-order valence-electron chi connectivity index (χ3n) is 5.00. The Balaban J connectivity index is 1.36. The van der Waals surface area contributed by atoms with Gasteiger partial charge in [0, 0.05) is 43.0 Å². The molecule has 4 rings (SSSR count). The van der Waals surface area contributed by atoms with E-state index in [0.29, 0.717) is 37.6 Å². The number of urea groups is 1. The van der Waals surface area contributed by atoms with Crippen molar-refractivity contribution >= 4 is 17.4 Å². The number of halogens is 1. The third kappa shape index (κ3) is 4.79. The van der Waals surface area contributed by atoms with Gasteiger partial charge in [0.25, 0.3) is 0 Å². The molecule has 1 N–H and O–H groups in total. The first-order chi connectivity index (χ1) is 14.7. The number of para-hydroxylation sites is 1. The summed E-state index contributed by atoms with van der Waals surface area (Å²) < 4.78 is 14.0. The normalized spacial score (nSPS) is 13.4. The zero-order valence-electron chi connectivity index (χ0n) is 16.5. The molecular formula is C25H22FN3O. The maximum absolute atomic E-state index is 14.0. The summed E-state index contributed by atoms with van der Waals surface area (Å²) in [4.78, 5) is 16.4.